The van der Waals surface area contributed by atoms with E-state index in [9.17, 15) is 4.79 Å². The number of rotatable bonds is 5. The highest BCUT2D eigenvalue weighted by Crippen LogP contribution is 2.11. The molecule has 1 fully saturated rings. The minimum atomic E-state index is -0.0965. The molecule has 17 heavy (non-hydrogen) atoms. The summed E-state index contributed by atoms with van der Waals surface area (Å²) in [7, 11) is 0. The van der Waals surface area contributed by atoms with Crippen molar-refractivity contribution in [3.8, 4) is 0 Å². The molecule has 0 aromatic heterocycles. The van der Waals surface area contributed by atoms with Crippen molar-refractivity contribution in [2.24, 2.45) is 5.92 Å². The Morgan fingerprint density at radius 2 is 2.06 bits per heavy atom. The van der Waals surface area contributed by atoms with Crippen molar-refractivity contribution in [1.82, 2.24) is 4.90 Å². The van der Waals surface area contributed by atoms with Crippen molar-refractivity contribution in [2.75, 3.05) is 19.6 Å². The fourth-order valence-corrected chi connectivity index (χ4v) is 1.90. The molecule has 1 aliphatic heterocycles. The van der Waals surface area contributed by atoms with Crippen LogP contribution in [0.25, 0.3) is 0 Å². The van der Waals surface area contributed by atoms with Crippen LogP contribution < -0.4 is 0 Å². The van der Waals surface area contributed by atoms with E-state index in [-0.39, 0.29) is 11.9 Å². The lowest BCUT2D eigenvalue weighted by molar-refractivity contribution is -0.150. The molecule has 0 aliphatic carbocycles. The highest BCUT2D eigenvalue weighted by molar-refractivity contribution is 5.72. The number of esters is 1. The van der Waals surface area contributed by atoms with Gasteiger partial charge in [0.25, 0.3) is 0 Å². The summed E-state index contributed by atoms with van der Waals surface area (Å²) in [6, 6.07) is 9.79. The second-order valence-electron chi connectivity index (χ2n) is 4.65. The first-order valence-electron chi connectivity index (χ1n) is 6.18. The summed E-state index contributed by atoms with van der Waals surface area (Å²) in [4.78, 5) is 14.0. The number of hydrogen-bond donors (Lipinski definition) is 0. The molecule has 1 atom stereocenters. The molecule has 0 N–H and O–H groups in total. The van der Waals surface area contributed by atoms with Crippen LogP contribution in [0.2, 0.25) is 0 Å². The molecule has 1 saturated heterocycles. The molecule has 3 heteroatoms. The third-order valence-corrected chi connectivity index (χ3v) is 3.11. The number of nitrogens with zero attached hydrogens (tertiary/aromatic N) is 1. The van der Waals surface area contributed by atoms with E-state index in [4.69, 9.17) is 4.74 Å². The van der Waals surface area contributed by atoms with E-state index >= 15 is 0 Å². The monoisotopic (exact) mass is 233 g/mol. The van der Waals surface area contributed by atoms with Crippen molar-refractivity contribution >= 4 is 5.97 Å². The predicted octanol–water partition coefficient (Wildman–Crippen LogP) is 2.07. The maximum absolute atomic E-state index is 11.7. The lowest BCUT2D eigenvalue weighted by atomic mass is 10.1. The molecule has 1 aliphatic rings. The summed E-state index contributed by atoms with van der Waals surface area (Å²) < 4.78 is 5.29. The molecular formula is C14H19NO2. The summed E-state index contributed by atoms with van der Waals surface area (Å²) in [5.41, 5.74) is 1.04. The molecule has 0 amide bonds. The van der Waals surface area contributed by atoms with Gasteiger partial charge < -0.3 is 9.64 Å². The average molecular weight is 233 g/mol. The van der Waals surface area contributed by atoms with E-state index in [0.29, 0.717) is 6.61 Å². The SMILES string of the molecule is CC(CN1CCC1)C(=O)OCc1ccccc1. The van der Waals surface area contributed by atoms with Crippen LogP contribution in [0.1, 0.15) is 18.9 Å². The summed E-state index contributed by atoms with van der Waals surface area (Å²) in [5, 5.41) is 0. The van der Waals surface area contributed by atoms with Crippen molar-refractivity contribution < 1.29 is 9.53 Å². The number of likely N-dealkylation sites (tertiary alicyclic amines) is 1. The van der Waals surface area contributed by atoms with Crippen LogP contribution in [0.5, 0.6) is 0 Å². The summed E-state index contributed by atoms with van der Waals surface area (Å²) in [6.45, 7) is 5.38. The molecule has 0 bridgehead atoms. The highest BCUT2D eigenvalue weighted by atomic mass is 16.5. The van der Waals surface area contributed by atoms with Gasteiger partial charge in [-0.15, -0.1) is 0 Å². The molecule has 0 spiro atoms. The lowest BCUT2D eigenvalue weighted by Crippen LogP contribution is -2.41. The lowest BCUT2D eigenvalue weighted by Gasteiger charge is -2.32. The Morgan fingerprint density at radius 3 is 2.65 bits per heavy atom. The Hall–Kier alpha value is -1.35. The first-order valence-corrected chi connectivity index (χ1v) is 6.18. The fourth-order valence-electron chi connectivity index (χ4n) is 1.90. The van der Waals surface area contributed by atoms with Gasteiger partial charge in [-0.3, -0.25) is 4.79 Å². The van der Waals surface area contributed by atoms with E-state index in [1.165, 1.54) is 6.42 Å². The minimum Gasteiger partial charge on any atom is -0.461 e. The predicted molar refractivity (Wildman–Crippen MR) is 66.5 cm³/mol. The van der Waals surface area contributed by atoms with Crippen molar-refractivity contribution in [2.45, 2.75) is 20.0 Å². The molecule has 2 rings (SSSR count). The van der Waals surface area contributed by atoms with Crippen LogP contribution in [0, 0.1) is 5.92 Å². The Bertz CT molecular complexity index is 360. The van der Waals surface area contributed by atoms with Gasteiger partial charge >= 0.3 is 5.97 Å². The Balaban J connectivity index is 1.72. The van der Waals surface area contributed by atoms with Gasteiger partial charge in [-0.05, 0) is 25.1 Å². The van der Waals surface area contributed by atoms with Gasteiger partial charge in [-0.2, -0.15) is 0 Å². The van der Waals surface area contributed by atoms with Crippen LogP contribution in [0.3, 0.4) is 0 Å². The topological polar surface area (TPSA) is 29.5 Å². The van der Waals surface area contributed by atoms with E-state index in [0.717, 1.165) is 25.2 Å². The normalized spacial score (nSPS) is 17.2. The average Bonchev–Trinajstić information content (AvgIpc) is 2.32. The maximum atomic E-state index is 11.7. The van der Waals surface area contributed by atoms with Crippen LogP contribution >= 0.6 is 0 Å². The third kappa shape index (κ3) is 3.56. The van der Waals surface area contributed by atoms with Gasteiger partial charge in [-0.25, -0.2) is 0 Å². The van der Waals surface area contributed by atoms with Crippen LogP contribution in [-0.2, 0) is 16.1 Å². The molecule has 1 aromatic rings. The van der Waals surface area contributed by atoms with Crippen molar-refractivity contribution in [3.05, 3.63) is 35.9 Å². The molecule has 1 aromatic carbocycles. The summed E-state index contributed by atoms with van der Waals surface area (Å²) in [6.07, 6.45) is 1.26. The second-order valence-corrected chi connectivity index (χ2v) is 4.65. The zero-order valence-electron chi connectivity index (χ0n) is 10.3. The van der Waals surface area contributed by atoms with Crippen molar-refractivity contribution in [3.63, 3.8) is 0 Å². The zero-order valence-corrected chi connectivity index (χ0v) is 10.3. The standard InChI is InChI=1S/C14H19NO2/c1-12(10-15-8-5-9-15)14(16)17-11-13-6-3-2-4-7-13/h2-4,6-7,12H,5,8-11H2,1H3. The third-order valence-electron chi connectivity index (χ3n) is 3.11. The quantitative estimate of drug-likeness (QED) is 0.729. The fraction of sp³-hybridized carbons (Fsp3) is 0.500. The summed E-state index contributed by atoms with van der Waals surface area (Å²) >= 11 is 0. The molecule has 1 heterocycles. The molecular weight excluding hydrogens is 214 g/mol. The van der Waals surface area contributed by atoms with Gasteiger partial charge in [0.2, 0.25) is 0 Å². The van der Waals surface area contributed by atoms with Crippen LogP contribution in [0.15, 0.2) is 30.3 Å². The van der Waals surface area contributed by atoms with Gasteiger partial charge in [-0.1, -0.05) is 37.3 Å². The van der Waals surface area contributed by atoms with Crippen LogP contribution in [0.4, 0.5) is 0 Å². The van der Waals surface area contributed by atoms with E-state index in [1.54, 1.807) is 0 Å². The molecule has 0 saturated carbocycles. The molecule has 92 valence electrons. The van der Waals surface area contributed by atoms with E-state index in [2.05, 4.69) is 4.90 Å². The summed E-state index contributed by atoms with van der Waals surface area (Å²) in [5.74, 6) is -0.125. The largest absolute Gasteiger partial charge is 0.461 e. The van der Waals surface area contributed by atoms with Gasteiger partial charge in [0.1, 0.15) is 6.61 Å². The molecule has 1 unspecified atom stereocenters. The van der Waals surface area contributed by atoms with E-state index < -0.39 is 0 Å². The van der Waals surface area contributed by atoms with Gasteiger partial charge in [0.05, 0.1) is 5.92 Å². The number of carbonyl (C=O) groups is 1. The highest BCUT2D eigenvalue weighted by Gasteiger charge is 2.21. The Morgan fingerprint density at radius 1 is 1.35 bits per heavy atom. The Kier molecular flexibility index (Phi) is 4.15. The Labute approximate surface area is 102 Å². The van der Waals surface area contributed by atoms with Crippen molar-refractivity contribution in [1.29, 1.82) is 0 Å². The van der Waals surface area contributed by atoms with Crippen LogP contribution in [-0.4, -0.2) is 30.5 Å². The number of benzene rings is 1. The molecule has 3 nitrogen and oxygen atoms in total. The minimum absolute atomic E-state index is 0.0287. The first-order chi connectivity index (χ1) is 8.25. The maximum Gasteiger partial charge on any atom is 0.310 e. The molecule has 0 radical (unpaired) electrons. The second kappa shape index (κ2) is 5.82. The number of hydrogen-bond acceptors (Lipinski definition) is 3. The number of ether oxygens (including phenoxy) is 1. The zero-order chi connectivity index (χ0) is 12.1. The van der Waals surface area contributed by atoms with Gasteiger partial charge in [0, 0.05) is 6.54 Å². The van der Waals surface area contributed by atoms with E-state index in [1.807, 2.05) is 37.3 Å². The first kappa shape index (κ1) is 12.1. The smallest absolute Gasteiger partial charge is 0.310 e. The number of carbonyl (C=O) groups excluding carboxylic acids is 1. The van der Waals surface area contributed by atoms with Gasteiger partial charge in [0.15, 0.2) is 0 Å².